The summed E-state index contributed by atoms with van der Waals surface area (Å²) in [5, 5.41) is 7.39. The van der Waals surface area contributed by atoms with Crippen molar-refractivity contribution in [3.05, 3.63) is 53.0 Å². The Labute approximate surface area is 146 Å². The summed E-state index contributed by atoms with van der Waals surface area (Å²) in [6.45, 7) is 3.37. The Kier molecular flexibility index (Phi) is 6.43. The Morgan fingerprint density at radius 1 is 1.32 bits per heavy atom. The fraction of sp³-hybridized carbons (Fsp3) is 0.312. The molecule has 0 aliphatic rings. The summed E-state index contributed by atoms with van der Waals surface area (Å²) in [6, 6.07) is 8.62. The molecule has 0 aliphatic carbocycles. The highest BCUT2D eigenvalue weighted by Crippen LogP contribution is 2.09. The van der Waals surface area contributed by atoms with E-state index in [1.54, 1.807) is 26.0 Å². The number of nitrogens with one attached hydrogen (secondary N) is 2. The summed E-state index contributed by atoms with van der Waals surface area (Å²) in [4.78, 5) is 15.9. The number of aromatic nitrogens is 2. The normalized spacial score (nSPS) is 13.0. The molecule has 8 nitrogen and oxygen atoms in total. The second-order valence-electron chi connectivity index (χ2n) is 5.37. The van der Waals surface area contributed by atoms with Crippen molar-refractivity contribution in [3.63, 3.8) is 0 Å². The van der Waals surface area contributed by atoms with Crippen molar-refractivity contribution in [2.24, 2.45) is 0 Å². The van der Waals surface area contributed by atoms with Crippen molar-refractivity contribution in [1.82, 2.24) is 20.2 Å². The summed E-state index contributed by atoms with van der Waals surface area (Å²) in [5.74, 6) is 0.462. The maximum absolute atomic E-state index is 11.9. The van der Waals surface area contributed by atoms with Crippen LogP contribution in [-0.4, -0.2) is 31.0 Å². The van der Waals surface area contributed by atoms with Crippen LogP contribution in [0.2, 0.25) is 0 Å². The molecule has 2 rings (SSSR count). The van der Waals surface area contributed by atoms with Crippen LogP contribution in [0.15, 0.2) is 40.3 Å². The Morgan fingerprint density at radius 2 is 2.04 bits per heavy atom. The highest BCUT2D eigenvalue weighted by atomic mass is 32.2. The molecule has 25 heavy (non-hydrogen) atoms. The molecule has 1 aromatic heterocycles. The predicted molar refractivity (Wildman–Crippen MR) is 92.6 cm³/mol. The van der Waals surface area contributed by atoms with Crippen LogP contribution in [-0.2, 0) is 14.8 Å². The van der Waals surface area contributed by atoms with E-state index in [2.05, 4.69) is 20.2 Å². The van der Waals surface area contributed by atoms with Gasteiger partial charge in [0.15, 0.2) is 5.82 Å². The topological polar surface area (TPSA) is 114 Å². The first-order chi connectivity index (χ1) is 11.9. The summed E-state index contributed by atoms with van der Waals surface area (Å²) >= 11 is 0. The summed E-state index contributed by atoms with van der Waals surface area (Å²) in [6.07, 6.45) is 1.48. The van der Waals surface area contributed by atoms with E-state index < -0.39 is 16.1 Å². The van der Waals surface area contributed by atoms with Crippen LogP contribution in [0, 0.1) is 6.92 Å². The number of hydrogen-bond donors (Lipinski definition) is 2. The molecule has 1 heterocycles. The second-order valence-corrected chi connectivity index (χ2v) is 7.02. The number of hydrogen-bond acceptors (Lipinski definition) is 6. The molecule has 9 heteroatoms. The molecule has 0 aliphatic heterocycles. The first-order valence-electron chi connectivity index (χ1n) is 7.68. The van der Waals surface area contributed by atoms with Crippen molar-refractivity contribution < 1.29 is 17.7 Å². The SMILES string of the molecule is Cc1noc(C(C)NC(=O)CCNS(=O)(=O)/C=C/c2ccccc2)n1. The number of carbonyl (C=O) groups is 1. The largest absolute Gasteiger partial charge is 0.345 e. The van der Waals surface area contributed by atoms with Gasteiger partial charge in [-0.15, -0.1) is 0 Å². The lowest BCUT2D eigenvalue weighted by Crippen LogP contribution is -2.31. The number of nitrogens with zero attached hydrogens (tertiary/aromatic N) is 2. The Morgan fingerprint density at radius 3 is 2.68 bits per heavy atom. The molecule has 0 bridgehead atoms. The average Bonchev–Trinajstić information content (AvgIpc) is 3.00. The Balaban J connectivity index is 1.77. The van der Waals surface area contributed by atoms with Crippen molar-refractivity contribution >= 4 is 22.0 Å². The smallest absolute Gasteiger partial charge is 0.248 e. The van der Waals surface area contributed by atoms with Gasteiger partial charge in [-0.3, -0.25) is 4.79 Å². The van der Waals surface area contributed by atoms with Crippen LogP contribution in [0.5, 0.6) is 0 Å². The molecule has 1 amide bonds. The minimum atomic E-state index is -3.60. The van der Waals surface area contributed by atoms with E-state index >= 15 is 0 Å². The molecule has 134 valence electrons. The minimum Gasteiger partial charge on any atom is -0.345 e. The number of amides is 1. The fourth-order valence-electron chi connectivity index (χ4n) is 1.95. The van der Waals surface area contributed by atoms with E-state index in [-0.39, 0.29) is 18.9 Å². The van der Waals surface area contributed by atoms with Crippen LogP contribution in [0.25, 0.3) is 6.08 Å². The van der Waals surface area contributed by atoms with E-state index in [0.29, 0.717) is 11.7 Å². The zero-order chi connectivity index (χ0) is 18.3. The Bertz CT molecular complexity index is 831. The minimum absolute atomic E-state index is 0.00410. The average molecular weight is 364 g/mol. The predicted octanol–water partition coefficient (Wildman–Crippen LogP) is 1.54. The molecule has 0 saturated carbocycles. The summed E-state index contributed by atoms with van der Waals surface area (Å²) < 4.78 is 31.1. The van der Waals surface area contributed by atoms with Crippen molar-refractivity contribution in [2.45, 2.75) is 26.3 Å². The standard InChI is InChI=1S/C16H20N4O4S/c1-12(16-19-13(2)20-24-16)18-15(21)8-10-17-25(22,23)11-9-14-6-4-3-5-7-14/h3-7,9,11-12,17H,8,10H2,1-2H3,(H,18,21)/b11-9+. The fourth-order valence-corrected chi connectivity index (χ4v) is 2.77. The molecule has 1 atom stereocenters. The van der Waals surface area contributed by atoms with Crippen LogP contribution in [0.3, 0.4) is 0 Å². The molecule has 2 N–H and O–H groups in total. The number of sulfonamides is 1. The number of carbonyl (C=O) groups excluding carboxylic acids is 1. The molecule has 1 unspecified atom stereocenters. The van der Waals surface area contributed by atoms with Gasteiger partial charge in [-0.05, 0) is 25.5 Å². The third-order valence-electron chi connectivity index (χ3n) is 3.19. The van der Waals surface area contributed by atoms with Gasteiger partial charge in [0.1, 0.15) is 6.04 Å². The van der Waals surface area contributed by atoms with Crippen molar-refractivity contribution in [1.29, 1.82) is 0 Å². The van der Waals surface area contributed by atoms with Crippen LogP contribution >= 0.6 is 0 Å². The van der Waals surface area contributed by atoms with Crippen molar-refractivity contribution in [3.8, 4) is 0 Å². The highest BCUT2D eigenvalue weighted by Gasteiger charge is 2.15. The van der Waals surface area contributed by atoms with Gasteiger partial charge in [0.25, 0.3) is 0 Å². The van der Waals surface area contributed by atoms with E-state index in [4.69, 9.17) is 4.52 Å². The monoisotopic (exact) mass is 364 g/mol. The van der Waals surface area contributed by atoms with Gasteiger partial charge in [-0.2, -0.15) is 4.98 Å². The zero-order valence-corrected chi connectivity index (χ0v) is 14.8. The summed E-state index contributed by atoms with van der Waals surface area (Å²) in [5.41, 5.74) is 0.772. The highest BCUT2D eigenvalue weighted by molar-refractivity contribution is 7.92. The van der Waals surface area contributed by atoms with Gasteiger partial charge >= 0.3 is 0 Å². The van der Waals surface area contributed by atoms with Gasteiger partial charge in [0.2, 0.25) is 21.8 Å². The number of benzene rings is 1. The quantitative estimate of drug-likeness (QED) is 0.734. The van der Waals surface area contributed by atoms with E-state index in [1.807, 2.05) is 18.2 Å². The Hall–Kier alpha value is -2.52. The van der Waals surface area contributed by atoms with Gasteiger partial charge < -0.3 is 9.84 Å². The maximum Gasteiger partial charge on any atom is 0.248 e. The van der Waals surface area contributed by atoms with Crippen molar-refractivity contribution in [2.75, 3.05) is 6.54 Å². The molecular formula is C16H20N4O4S. The molecule has 0 fully saturated rings. The first kappa shape index (κ1) is 18.8. The summed E-state index contributed by atoms with van der Waals surface area (Å²) in [7, 11) is -3.60. The van der Waals surface area contributed by atoms with Gasteiger partial charge in [-0.25, -0.2) is 13.1 Å². The molecule has 2 aromatic rings. The molecule has 1 aromatic carbocycles. The molecule has 0 spiro atoms. The van der Waals surface area contributed by atoms with Gasteiger partial charge in [0.05, 0.1) is 0 Å². The molecule has 0 radical (unpaired) electrons. The lowest BCUT2D eigenvalue weighted by atomic mass is 10.2. The van der Waals surface area contributed by atoms with E-state index in [1.165, 1.54) is 6.08 Å². The van der Waals surface area contributed by atoms with Crippen LogP contribution in [0.4, 0.5) is 0 Å². The van der Waals surface area contributed by atoms with E-state index in [9.17, 15) is 13.2 Å². The lowest BCUT2D eigenvalue weighted by molar-refractivity contribution is -0.121. The molecular weight excluding hydrogens is 344 g/mol. The third kappa shape index (κ3) is 6.48. The zero-order valence-electron chi connectivity index (χ0n) is 14.0. The lowest BCUT2D eigenvalue weighted by Gasteiger charge is -2.09. The van der Waals surface area contributed by atoms with Crippen LogP contribution in [0.1, 0.15) is 36.7 Å². The van der Waals surface area contributed by atoms with E-state index in [0.717, 1.165) is 11.0 Å². The number of rotatable bonds is 8. The first-order valence-corrected chi connectivity index (χ1v) is 9.23. The number of aryl methyl sites for hydroxylation is 1. The van der Waals surface area contributed by atoms with Gasteiger partial charge in [-0.1, -0.05) is 35.5 Å². The molecule has 0 saturated heterocycles. The van der Waals surface area contributed by atoms with Crippen LogP contribution < -0.4 is 10.0 Å². The maximum atomic E-state index is 11.9. The van der Waals surface area contributed by atoms with Gasteiger partial charge in [0, 0.05) is 18.4 Å². The third-order valence-corrected chi connectivity index (χ3v) is 4.29. The second kappa shape index (κ2) is 8.54.